The first-order valence-corrected chi connectivity index (χ1v) is 8.82. The summed E-state index contributed by atoms with van der Waals surface area (Å²) >= 11 is 8.97. The fraction of sp³-hybridized carbons (Fsp3) is 0.278. The van der Waals surface area contributed by atoms with Gasteiger partial charge in [0.2, 0.25) is 0 Å². The number of nitriles is 1. The highest BCUT2D eigenvalue weighted by Crippen LogP contribution is 2.41. The molecule has 2 unspecified atom stereocenters. The minimum atomic E-state index is -4.67. The molecule has 0 radical (unpaired) electrons. The van der Waals surface area contributed by atoms with E-state index < -0.39 is 23.0 Å². The molecule has 142 valence electrons. The molecular formula is C18H13BrClF3N2O2. The van der Waals surface area contributed by atoms with E-state index in [1.165, 1.54) is 0 Å². The molecule has 2 atom stereocenters. The number of ether oxygens (including phenoxy) is 2. The van der Waals surface area contributed by atoms with Gasteiger partial charge in [-0.2, -0.15) is 18.4 Å². The van der Waals surface area contributed by atoms with E-state index in [0.29, 0.717) is 10.6 Å². The largest absolute Gasteiger partial charge is 0.431 e. The van der Waals surface area contributed by atoms with Crippen LogP contribution in [-0.2, 0) is 15.7 Å². The number of aromatic nitrogens is 1. The Balaban J connectivity index is 2.32. The molecule has 1 aromatic heterocycles. The van der Waals surface area contributed by atoms with Gasteiger partial charge in [0.05, 0.1) is 12.2 Å². The maximum Gasteiger partial charge on any atom is 0.431 e. The molecule has 0 fully saturated rings. The van der Waals surface area contributed by atoms with Crippen LogP contribution in [0.5, 0.6) is 0 Å². The van der Waals surface area contributed by atoms with E-state index in [0.717, 1.165) is 6.20 Å². The zero-order chi connectivity index (χ0) is 20.0. The Kier molecular flexibility index (Phi) is 7.34. The van der Waals surface area contributed by atoms with E-state index in [-0.39, 0.29) is 24.3 Å². The minimum Gasteiger partial charge on any atom is -0.366 e. The van der Waals surface area contributed by atoms with Gasteiger partial charge in [-0.15, -0.1) is 6.42 Å². The first-order chi connectivity index (χ1) is 12.8. The summed E-state index contributed by atoms with van der Waals surface area (Å²) in [6, 6.07) is 8.30. The molecule has 9 heteroatoms. The summed E-state index contributed by atoms with van der Waals surface area (Å²) in [6.45, 7) is 0.0173. The predicted octanol–water partition coefficient (Wildman–Crippen LogP) is 5.36. The number of nitrogens with one attached hydrogen (secondary N) is 1. The van der Waals surface area contributed by atoms with Crippen LogP contribution in [0.25, 0.3) is 0 Å². The number of hydrogen-bond acceptors (Lipinski definition) is 3. The van der Waals surface area contributed by atoms with Crippen molar-refractivity contribution in [3.05, 3.63) is 57.9 Å². The van der Waals surface area contributed by atoms with Crippen molar-refractivity contribution in [3.63, 3.8) is 0 Å². The summed E-state index contributed by atoms with van der Waals surface area (Å²) in [5.41, 5.74) is -0.937. The molecule has 27 heavy (non-hydrogen) atoms. The molecule has 0 bridgehead atoms. The van der Waals surface area contributed by atoms with Crippen LogP contribution in [0.4, 0.5) is 13.2 Å². The van der Waals surface area contributed by atoms with E-state index >= 15 is 0 Å². The zero-order valence-corrected chi connectivity index (χ0v) is 16.0. The van der Waals surface area contributed by atoms with Gasteiger partial charge in [-0.3, -0.25) is 0 Å². The summed E-state index contributed by atoms with van der Waals surface area (Å²) in [7, 11) is 0. The summed E-state index contributed by atoms with van der Waals surface area (Å²) in [4.78, 5) is 2.09. The second-order valence-electron chi connectivity index (χ2n) is 5.31. The molecule has 0 aliphatic heterocycles. The number of terminal acetylenes is 1. The molecule has 0 saturated heterocycles. The fourth-order valence-electron chi connectivity index (χ4n) is 2.33. The Morgan fingerprint density at radius 3 is 2.52 bits per heavy atom. The molecule has 0 spiro atoms. The van der Waals surface area contributed by atoms with Crippen LogP contribution in [0.3, 0.4) is 0 Å². The third-order valence-corrected chi connectivity index (χ3v) is 4.46. The Bertz CT molecular complexity index is 853. The summed E-state index contributed by atoms with van der Waals surface area (Å²) < 4.78 is 50.7. The predicted molar refractivity (Wildman–Crippen MR) is 97.1 cm³/mol. The molecule has 0 amide bonds. The number of H-pyrrole nitrogens is 1. The Labute approximate surface area is 167 Å². The standard InChI is InChI=1S/C18H13BrClF3N2O2/c1-2-7-26-10-14(11-3-5-13(20)6-4-11)27-17(19)15-12(8-24)9-25-16(15)18(21,22)23/h1,3-6,9,14,17,25H,7,10H2. The molecule has 0 aliphatic rings. The molecule has 1 N–H and O–H groups in total. The van der Waals surface area contributed by atoms with Crippen LogP contribution in [0.2, 0.25) is 5.02 Å². The van der Waals surface area contributed by atoms with Gasteiger partial charge in [-0.25, -0.2) is 0 Å². The van der Waals surface area contributed by atoms with Crippen molar-refractivity contribution in [2.75, 3.05) is 13.2 Å². The maximum absolute atomic E-state index is 13.2. The lowest BCUT2D eigenvalue weighted by molar-refractivity contribution is -0.142. The van der Waals surface area contributed by atoms with Crippen LogP contribution in [-0.4, -0.2) is 18.2 Å². The Hall–Kier alpha value is -1.97. The highest BCUT2D eigenvalue weighted by Gasteiger charge is 2.39. The molecule has 0 saturated carbocycles. The number of rotatable bonds is 7. The van der Waals surface area contributed by atoms with Crippen LogP contribution < -0.4 is 0 Å². The number of alkyl halides is 4. The Morgan fingerprint density at radius 2 is 1.96 bits per heavy atom. The van der Waals surface area contributed by atoms with E-state index in [9.17, 15) is 13.2 Å². The molecule has 2 aromatic rings. The second-order valence-corrected chi connectivity index (χ2v) is 6.58. The number of benzene rings is 1. The first kappa shape index (κ1) is 21.3. The van der Waals surface area contributed by atoms with Gasteiger partial charge in [-0.05, 0) is 17.7 Å². The van der Waals surface area contributed by atoms with E-state index in [1.807, 2.05) is 0 Å². The molecule has 1 heterocycles. The summed E-state index contributed by atoms with van der Waals surface area (Å²) in [5.74, 6) is 2.30. The SMILES string of the molecule is C#CCOCC(OC(Br)c1c(C#N)c[nH]c1C(F)(F)F)c1ccc(Cl)cc1. The van der Waals surface area contributed by atoms with Crippen molar-refractivity contribution in [3.8, 4) is 18.4 Å². The van der Waals surface area contributed by atoms with Crippen LogP contribution in [0.15, 0.2) is 30.5 Å². The monoisotopic (exact) mass is 460 g/mol. The average molecular weight is 462 g/mol. The van der Waals surface area contributed by atoms with Crippen molar-refractivity contribution in [1.82, 2.24) is 4.98 Å². The maximum atomic E-state index is 13.2. The first-order valence-electron chi connectivity index (χ1n) is 7.52. The van der Waals surface area contributed by atoms with Gasteiger partial charge in [0.1, 0.15) is 29.5 Å². The summed E-state index contributed by atoms with van der Waals surface area (Å²) in [6.07, 6.45) is 0.719. The smallest absolute Gasteiger partial charge is 0.366 e. The second kappa shape index (κ2) is 9.29. The lowest BCUT2D eigenvalue weighted by Crippen LogP contribution is -2.16. The van der Waals surface area contributed by atoms with Crippen molar-refractivity contribution in [2.45, 2.75) is 17.3 Å². The van der Waals surface area contributed by atoms with Crippen LogP contribution in [0, 0.1) is 23.7 Å². The highest BCUT2D eigenvalue weighted by molar-refractivity contribution is 9.09. The third-order valence-electron chi connectivity index (χ3n) is 3.53. The van der Waals surface area contributed by atoms with Gasteiger partial charge in [0.25, 0.3) is 0 Å². The van der Waals surface area contributed by atoms with Crippen LogP contribution in [0.1, 0.15) is 33.5 Å². The van der Waals surface area contributed by atoms with Gasteiger partial charge >= 0.3 is 6.18 Å². The molecular weight excluding hydrogens is 449 g/mol. The minimum absolute atomic E-state index is 0.00158. The van der Waals surface area contributed by atoms with Crippen molar-refractivity contribution in [2.24, 2.45) is 0 Å². The lowest BCUT2D eigenvalue weighted by atomic mass is 10.1. The quantitative estimate of drug-likeness (QED) is 0.343. The molecule has 4 nitrogen and oxygen atoms in total. The molecule has 1 aromatic carbocycles. The van der Waals surface area contributed by atoms with Crippen molar-refractivity contribution in [1.29, 1.82) is 5.26 Å². The van der Waals surface area contributed by atoms with Gasteiger partial charge in [-0.1, -0.05) is 45.6 Å². The van der Waals surface area contributed by atoms with Crippen molar-refractivity contribution >= 4 is 27.5 Å². The zero-order valence-electron chi connectivity index (χ0n) is 13.7. The van der Waals surface area contributed by atoms with Crippen molar-refractivity contribution < 1.29 is 22.6 Å². The van der Waals surface area contributed by atoms with Gasteiger partial charge in [0, 0.05) is 16.8 Å². The third kappa shape index (κ3) is 5.50. The number of hydrogen-bond donors (Lipinski definition) is 1. The molecule has 0 aliphatic carbocycles. The highest BCUT2D eigenvalue weighted by atomic mass is 79.9. The Morgan fingerprint density at radius 1 is 1.30 bits per heavy atom. The number of nitrogens with zero attached hydrogens (tertiary/aromatic N) is 1. The fourth-order valence-corrected chi connectivity index (χ4v) is 3.19. The normalized spacial score (nSPS) is 13.6. The lowest BCUT2D eigenvalue weighted by Gasteiger charge is -2.23. The number of aromatic amines is 1. The van der Waals surface area contributed by atoms with Crippen LogP contribution >= 0.6 is 27.5 Å². The number of halogens is 5. The molecule has 2 rings (SSSR count). The van der Waals surface area contributed by atoms with E-state index in [2.05, 4.69) is 26.8 Å². The average Bonchev–Trinajstić information content (AvgIpc) is 3.06. The topological polar surface area (TPSA) is 58.0 Å². The summed E-state index contributed by atoms with van der Waals surface area (Å²) in [5, 5.41) is 8.40. The van der Waals surface area contributed by atoms with E-state index in [1.54, 1.807) is 30.3 Å². The van der Waals surface area contributed by atoms with E-state index in [4.69, 9.17) is 32.8 Å². The van der Waals surface area contributed by atoms with Gasteiger partial charge < -0.3 is 14.5 Å². The van der Waals surface area contributed by atoms with Gasteiger partial charge in [0.15, 0.2) is 0 Å².